The maximum Gasteiger partial charge on any atom is 0.121 e. The molecule has 0 heterocycles. The van der Waals surface area contributed by atoms with Gasteiger partial charge in [-0.15, -0.1) is 0 Å². The number of hydrogen-bond acceptors (Lipinski definition) is 1. The largest absolute Gasteiger partial charge is 0.508 e. The average Bonchev–Trinajstić information content (AvgIpc) is 2.05. The smallest absolute Gasteiger partial charge is 0.121 e. The number of hydrogen-bond donors (Lipinski definition) is 1. The normalized spacial score (nSPS) is 11.6. The Kier molecular flexibility index (Phi) is 3.18. The predicted octanol–water partition coefficient (Wildman–Crippen LogP) is 3.74. The van der Waals surface area contributed by atoms with Gasteiger partial charge in [0.15, 0.2) is 0 Å². The highest BCUT2D eigenvalue weighted by molar-refractivity contribution is 9.24. The lowest BCUT2D eigenvalue weighted by Crippen LogP contribution is -2.06. The zero-order chi connectivity index (χ0) is 9.19. The maximum absolute atomic E-state index is 9.52. The molecule has 0 saturated heterocycles. The van der Waals surface area contributed by atoms with E-state index in [-0.39, 0.29) is 3.23 Å². The van der Waals surface area contributed by atoms with Crippen LogP contribution in [0.3, 0.4) is 0 Å². The van der Waals surface area contributed by atoms with Crippen LogP contribution in [0.4, 0.5) is 0 Å². The minimum Gasteiger partial charge on any atom is -0.508 e. The molecule has 1 nitrogen and oxygen atoms in total. The van der Waals surface area contributed by atoms with Crippen molar-refractivity contribution < 1.29 is 5.11 Å². The van der Waals surface area contributed by atoms with Gasteiger partial charge in [-0.25, -0.2) is 0 Å². The second-order valence-electron chi connectivity index (χ2n) is 2.58. The van der Waals surface area contributed by atoms with E-state index in [0.717, 1.165) is 12.0 Å². The quantitative estimate of drug-likeness (QED) is 0.824. The summed E-state index contributed by atoms with van der Waals surface area (Å²) in [5, 5.41) is 9.52. The van der Waals surface area contributed by atoms with E-state index in [1.165, 1.54) is 0 Å². The number of halogens is 2. The molecule has 0 unspecified atom stereocenters. The van der Waals surface area contributed by atoms with Crippen molar-refractivity contribution in [1.82, 2.24) is 0 Å². The fraction of sp³-hybridized carbons (Fsp3) is 0.333. The zero-order valence-electron chi connectivity index (χ0n) is 6.72. The van der Waals surface area contributed by atoms with Gasteiger partial charge in [0.1, 0.15) is 8.98 Å². The Morgan fingerprint density at radius 1 is 1.33 bits per heavy atom. The maximum atomic E-state index is 9.52. The summed E-state index contributed by atoms with van der Waals surface area (Å²) >= 11 is 6.99. The molecule has 0 fully saturated rings. The van der Waals surface area contributed by atoms with Gasteiger partial charge >= 0.3 is 0 Å². The summed E-state index contributed by atoms with van der Waals surface area (Å²) in [6.45, 7) is 2.04. The first-order valence-electron chi connectivity index (χ1n) is 3.74. The Balaban J connectivity index is 3.10. The van der Waals surface area contributed by atoms with E-state index < -0.39 is 0 Å². The molecule has 1 aromatic rings. The minimum absolute atomic E-state index is 0.300. The lowest BCUT2D eigenvalue weighted by molar-refractivity contribution is 0.466. The van der Waals surface area contributed by atoms with Gasteiger partial charge in [0.2, 0.25) is 0 Å². The third-order valence-electron chi connectivity index (χ3n) is 1.74. The van der Waals surface area contributed by atoms with Crippen LogP contribution in [0.2, 0.25) is 0 Å². The number of phenols is 1. The van der Waals surface area contributed by atoms with Crippen LogP contribution in [-0.4, -0.2) is 5.11 Å². The summed E-state index contributed by atoms with van der Waals surface area (Å²) in [6, 6.07) is 7.29. The summed E-state index contributed by atoms with van der Waals surface area (Å²) in [5.74, 6) is 0.313. The topological polar surface area (TPSA) is 20.2 Å². The monoisotopic (exact) mass is 292 g/mol. The lowest BCUT2D eigenvalue weighted by Gasteiger charge is -2.19. The number of aromatic hydroxyl groups is 1. The molecule has 1 aromatic carbocycles. The second kappa shape index (κ2) is 3.79. The molecule has 0 aliphatic carbocycles. The van der Waals surface area contributed by atoms with Crippen molar-refractivity contribution in [1.29, 1.82) is 0 Å². The first kappa shape index (κ1) is 10.1. The summed E-state index contributed by atoms with van der Waals surface area (Å²) in [5.41, 5.74) is 0.868. The molecule has 3 heteroatoms. The van der Waals surface area contributed by atoms with Crippen molar-refractivity contribution in [2.75, 3.05) is 0 Å². The molecule has 0 amide bonds. The van der Waals surface area contributed by atoms with E-state index in [2.05, 4.69) is 31.9 Å². The molecular formula is C9H10Br2O. The molecule has 12 heavy (non-hydrogen) atoms. The minimum atomic E-state index is -0.300. The highest BCUT2D eigenvalue weighted by atomic mass is 79.9. The molecule has 0 bridgehead atoms. The Labute approximate surface area is 89.1 Å². The van der Waals surface area contributed by atoms with Crippen LogP contribution in [-0.2, 0) is 3.23 Å². The molecule has 1 rings (SSSR count). The molecule has 0 aromatic heterocycles. The highest BCUT2D eigenvalue weighted by Crippen LogP contribution is 2.44. The second-order valence-corrected chi connectivity index (χ2v) is 6.35. The molecule has 0 saturated carbocycles. The Morgan fingerprint density at radius 2 is 1.92 bits per heavy atom. The molecule has 0 aliphatic heterocycles. The lowest BCUT2D eigenvalue weighted by atomic mass is 10.1. The van der Waals surface area contributed by atoms with Crippen molar-refractivity contribution in [3.8, 4) is 5.75 Å². The van der Waals surface area contributed by atoms with Gasteiger partial charge in [-0.2, -0.15) is 0 Å². The average molecular weight is 294 g/mol. The van der Waals surface area contributed by atoms with Crippen LogP contribution in [0.5, 0.6) is 5.75 Å². The zero-order valence-corrected chi connectivity index (χ0v) is 9.89. The summed E-state index contributed by atoms with van der Waals surface area (Å²) in [4.78, 5) is 0. The molecule has 0 spiro atoms. The molecule has 1 N–H and O–H groups in total. The van der Waals surface area contributed by atoms with Gasteiger partial charge < -0.3 is 5.11 Å². The van der Waals surface area contributed by atoms with Gasteiger partial charge in [0.25, 0.3) is 0 Å². The highest BCUT2D eigenvalue weighted by Gasteiger charge is 2.25. The molecular weight excluding hydrogens is 284 g/mol. The number of rotatable bonds is 2. The summed E-state index contributed by atoms with van der Waals surface area (Å²) < 4.78 is -0.300. The molecule has 0 atom stereocenters. The summed E-state index contributed by atoms with van der Waals surface area (Å²) in [7, 11) is 0. The third kappa shape index (κ3) is 2.02. The van der Waals surface area contributed by atoms with Crippen molar-refractivity contribution in [2.24, 2.45) is 0 Å². The van der Waals surface area contributed by atoms with Crippen LogP contribution in [0.25, 0.3) is 0 Å². The third-order valence-corrected chi connectivity index (χ3v) is 3.72. The number of phenolic OH excluding ortho intramolecular Hbond substituents is 1. The van der Waals surface area contributed by atoms with Crippen molar-refractivity contribution in [3.63, 3.8) is 0 Å². The van der Waals surface area contributed by atoms with E-state index in [4.69, 9.17) is 0 Å². The fourth-order valence-corrected chi connectivity index (χ4v) is 1.64. The van der Waals surface area contributed by atoms with Crippen molar-refractivity contribution >= 4 is 31.9 Å². The van der Waals surface area contributed by atoms with Crippen LogP contribution in [0.1, 0.15) is 18.9 Å². The first-order valence-corrected chi connectivity index (χ1v) is 5.33. The Hall–Kier alpha value is -0.0200. The van der Waals surface area contributed by atoms with E-state index in [0.29, 0.717) is 5.75 Å². The first-order chi connectivity index (χ1) is 5.58. The SMILES string of the molecule is CCC(Br)(Br)c1ccccc1O. The van der Waals surface area contributed by atoms with Crippen LogP contribution < -0.4 is 0 Å². The summed E-state index contributed by atoms with van der Waals surface area (Å²) in [6.07, 6.45) is 0.866. The van der Waals surface area contributed by atoms with Gasteiger partial charge in [-0.3, -0.25) is 0 Å². The van der Waals surface area contributed by atoms with Crippen LogP contribution in [0, 0.1) is 0 Å². The van der Waals surface area contributed by atoms with E-state index in [1.807, 2.05) is 25.1 Å². The number of benzene rings is 1. The fourth-order valence-electron chi connectivity index (χ4n) is 0.973. The molecule has 0 aliphatic rings. The Bertz CT molecular complexity index is 271. The number of para-hydroxylation sites is 1. The molecule has 66 valence electrons. The van der Waals surface area contributed by atoms with Gasteiger partial charge in [-0.1, -0.05) is 57.0 Å². The van der Waals surface area contributed by atoms with Gasteiger partial charge in [0.05, 0.1) is 0 Å². The van der Waals surface area contributed by atoms with Gasteiger partial charge in [-0.05, 0) is 12.5 Å². The van der Waals surface area contributed by atoms with Crippen LogP contribution >= 0.6 is 31.9 Å². The van der Waals surface area contributed by atoms with E-state index in [1.54, 1.807) is 6.07 Å². The van der Waals surface area contributed by atoms with Crippen molar-refractivity contribution in [2.45, 2.75) is 16.6 Å². The van der Waals surface area contributed by atoms with Crippen molar-refractivity contribution in [3.05, 3.63) is 29.8 Å². The van der Waals surface area contributed by atoms with Crippen LogP contribution in [0.15, 0.2) is 24.3 Å². The standard InChI is InChI=1S/C9H10Br2O/c1-2-9(10,11)7-5-3-4-6-8(7)12/h3-6,12H,2H2,1H3. The van der Waals surface area contributed by atoms with E-state index in [9.17, 15) is 5.11 Å². The molecule has 0 radical (unpaired) electrons. The predicted molar refractivity (Wildman–Crippen MR) is 57.9 cm³/mol. The van der Waals surface area contributed by atoms with Gasteiger partial charge in [0, 0.05) is 5.56 Å². The van der Waals surface area contributed by atoms with E-state index >= 15 is 0 Å². The Morgan fingerprint density at radius 3 is 2.42 bits per heavy atom. The number of alkyl halides is 2.